The molecule has 0 radical (unpaired) electrons. The highest BCUT2D eigenvalue weighted by Gasteiger charge is 2.32. The third kappa shape index (κ3) is 3.43. The second kappa shape index (κ2) is 5.68. The monoisotopic (exact) mass is 279 g/mol. The minimum Gasteiger partial charge on any atom is -0.461 e. The summed E-state index contributed by atoms with van der Waals surface area (Å²) in [6.45, 7) is 1.34. The van der Waals surface area contributed by atoms with Crippen LogP contribution in [0.4, 0.5) is 17.6 Å². The molecule has 0 aliphatic carbocycles. The molecule has 0 heterocycles. The van der Waals surface area contributed by atoms with E-state index in [0.717, 1.165) is 0 Å². The van der Waals surface area contributed by atoms with Crippen LogP contribution < -0.4 is 0 Å². The maximum atomic E-state index is 13.4. The van der Waals surface area contributed by atoms with Gasteiger partial charge >= 0.3 is 12.1 Å². The molecule has 0 saturated carbocycles. The molecule has 4 nitrogen and oxygen atoms in total. The first-order chi connectivity index (χ1) is 8.81. The highest BCUT2D eigenvalue weighted by atomic mass is 19.4. The van der Waals surface area contributed by atoms with Gasteiger partial charge in [-0.15, -0.1) is 0 Å². The van der Waals surface area contributed by atoms with E-state index in [4.69, 9.17) is 5.21 Å². The normalized spacial score (nSPS) is 12.4. The molecular weight excluding hydrogens is 270 g/mol. The number of alkyl halides is 3. The Bertz CT molecular complexity index is 511. The molecule has 0 bridgehead atoms. The first-order valence-corrected chi connectivity index (χ1v) is 5.07. The predicted octanol–water partition coefficient (Wildman–Crippen LogP) is 2.59. The quantitative estimate of drug-likeness (QED) is 0.304. The molecule has 0 fully saturated rings. The fourth-order valence-corrected chi connectivity index (χ4v) is 1.29. The zero-order valence-electron chi connectivity index (χ0n) is 9.66. The summed E-state index contributed by atoms with van der Waals surface area (Å²) in [7, 11) is 0. The SMILES string of the molecule is CCOC(=O)/C(=N\O)c1cc(C(F)(F)F)ccc1F. The summed E-state index contributed by atoms with van der Waals surface area (Å²) < 4.78 is 55.3. The fraction of sp³-hybridized carbons (Fsp3) is 0.273. The van der Waals surface area contributed by atoms with Crippen LogP contribution in [0.25, 0.3) is 0 Å². The summed E-state index contributed by atoms with van der Waals surface area (Å²) in [5.41, 5.74) is -2.88. The largest absolute Gasteiger partial charge is 0.461 e. The van der Waals surface area contributed by atoms with E-state index in [1.165, 1.54) is 6.92 Å². The van der Waals surface area contributed by atoms with Gasteiger partial charge < -0.3 is 9.94 Å². The van der Waals surface area contributed by atoms with Crippen molar-refractivity contribution in [3.63, 3.8) is 0 Å². The Morgan fingerprint density at radius 3 is 2.53 bits per heavy atom. The van der Waals surface area contributed by atoms with E-state index in [2.05, 4.69) is 9.89 Å². The van der Waals surface area contributed by atoms with Crippen molar-refractivity contribution in [3.8, 4) is 0 Å². The molecule has 1 aromatic rings. The van der Waals surface area contributed by atoms with Crippen LogP contribution in [-0.4, -0.2) is 23.5 Å². The predicted molar refractivity (Wildman–Crippen MR) is 56.4 cm³/mol. The van der Waals surface area contributed by atoms with Crippen molar-refractivity contribution in [1.29, 1.82) is 0 Å². The van der Waals surface area contributed by atoms with Gasteiger partial charge in [0.25, 0.3) is 0 Å². The summed E-state index contributed by atoms with van der Waals surface area (Å²) in [5, 5.41) is 11.1. The van der Waals surface area contributed by atoms with E-state index >= 15 is 0 Å². The minimum absolute atomic E-state index is 0.0988. The van der Waals surface area contributed by atoms with E-state index < -0.39 is 34.8 Å². The van der Waals surface area contributed by atoms with Gasteiger partial charge in [-0.2, -0.15) is 13.2 Å². The smallest absolute Gasteiger partial charge is 0.416 e. The molecule has 1 rings (SSSR count). The number of halogens is 4. The van der Waals surface area contributed by atoms with Crippen LogP contribution >= 0.6 is 0 Å². The lowest BCUT2D eigenvalue weighted by Crippen LogP contribution is -2.21. The molecule has 0 spiro atoms. The third-order valence-electron chi connectivity index (χ3n) is 2.12. The lowest BCUT2D eigenvalue weighted by molar-refractivity contribution is -0.138. The summed E-state index contributed by atoms with van der Waals surface area (Å²) in [6, 6.07) is 1.42. The number of carbonyl (C=O) groups is 1. The van der Waals surface area contributed by atoms with Crippen molar-refractivity contribution in [2.24, 2.45) is 5.16 Å². The van der Waals surface area contributed by atoms with Crippen LogP contribution in [0.1, 0.15) is 18.1 Å². The van der Waals surface area contributed by atoms with Gasteiger partial charge in [-0.25, -0.2) is 9.18 Å². The van der Waals surface area contributed by atoms with Gasteiger partial charge in [-0.05, 0) is 25.1 Å². The highest BCUT2D eigenvalue weighted by molar-refractivity contribution is 6.43. The molecule has 0 aliphatic heterocycles. The third-order valence-corrected chi connectivity index (χ3v) is 2.12. The standard InChI is InChI=1S/C11H9F4NO3/c1-2-19-10(17)9(16-18)7-5-6(11(13,14)15)3-4-8(7)12/h3-5,18H,2H2,1H3/b16-9-. The Labute approximate surface area is 105 Å². The maximum Gasteiger partial charge on any atom is 0.416 e. The highest BCUT2D eigenvalue weighted by Crippen LogP contribution is 2.30. The number of rotatable bonds is 3. The molecule has 1 N–H and O–H groups in total. The van der Waals surface area contributed by atoms with Crippen LogP contribution in [0.15, 0.2) is 23.4 Å². The summed E-state index contributed by atoms with van der Waals surface area (Å²) in [4.78, 5) is 11.3. The molecular formula is C11H9F4NO3. The molecule has 0 saturated heterocycles. The summed E-state index contributed by atoms with van der Waals surface area (Å²) >= 11 is 0. The van der Waals surface area contributed by atoms with E-state index in [1.807, 2.05) is 0 Å². The number of ether oxygens (including phenoxy) is 1. The van der Waals surface area contributed by atoms with Gasteiger partial charge in [0.15, 0.2) is 5.71 Å². The van der Waals surface area contributed by atoms with Gasteiger partial charge in [0.1, 0.15) is 5.82 Å². The number of hydrogen-bond donors (Lipinski definition) is 1. The van der Waals surface area contributed by atoms with Gasteiger partial charge in [0.2, 0.25) is 0 Å². The second-order valence-electron chi connectivity index (χ2n) is 3.36. The van der Waals surface area contributed by atoms with Gasteiger partial charge in [0.05, 0.1) is 12.2 Å². The van der Waals surface area contributed by atoms with E-state index in [9.17, 15) is 22.4 Å². The van der Waals surface area contributed by atoms with Crippen LogP contribution in [0.3, 0.4) is 0 Å². The molecule has 8 heteroatoms. The van der Waals surface area contributed by atoms with Crippen LogP contribution in [-0.2, 0) is 15.7 Å². The number of esters is 1. The first kappa shape index (κ1) is 14.9. The van der Waals surface area contributed by atoms with Crippen molar-refractivity contribution in [3.05, 3.63) is 35.1 Å². The molecule has 0 aliphatic rings. The van der Waals surface area contributed by atoms with Gasteiger partial charge in [-0.3, -0.25) is 0 Å². The lowest BCUT2D eigenvalue weighted by Gasteiger charge is -2.10. The first-order valence-electron chi connectivity index (χ1n) is 5.07. The molecule has 0 aromatic heterocycles. The lowest BCUT2D eigenvalue weighted by atomic mass is 10.1. The Balaban J connectivity index is 3.29. The number of carbonyl (C=O) groups excluding carboxylic acids is 1. The average molecular weight is 279 g/mol. The molecule has 104 valence electrons. The zero-order chi connectivity index (χ0) is 14.6. The number of benzene rings is 1. The Hall–Kier alpha value is -2.12. The fourth-order valence-electron chi connectivity index (χ4n) is 1.29. The van der Waals surface area contributed by atoms with Gasteiger partial charge in [-0.1, -0.05) is 5.16 Å². The van der Waals surface area contributed by atoms with Crippen molar-refractivity contribution < 1.29 is 32.3 Å². The average Bonchev–Trinajstić information content (AvgIpc) is 2.31. The Morgan fingerprint density at radius 2 is 2.05 bits per heavy atom. The molecule has 1 aromatic carbocycles. The Kier molecular flexibility index (Phi) is 4.47. The molecule has 0 amide bonds. The van der Waals surface area contributed by atoms with E-state index in [0.29, 0.717) is 18.2 Å². The zero-order valence-corrected chi connectivity index (χ0v) is 9.66. The number of hydrogen-bond acceptors (Lipinski definition) is 4. The Morgan fingerprint density at radius 1 is 1.42 bits per heavy atom. The van der Waals surface area contributed by atoms with Crippen molar-refractivity contribution >= 4 is 11.7 Å². The van der Waals surface area contributed by atoms with E-state index in [1.54, 1.807) is 0 Å². The number of nitrogens with zero attached hydrogens (tertiary/aromatic N) is 1. The molecule has 0 atom stereocenters. The van der Waals surface area contributed by atoms with Crippen molar-refractivity contribution in [2.75, 3.05) is 6.61 Å². The van der Waals surface area contributed by atoms with E-state index in [-0.39, 0.29) is 6.61 Å². The second-order valence-corrected chi connectivity index (χ2v) is 3.36. The van der Waals surface area contributed by atoms with Crippen LogP contribution in [0.2, 0.25) is 0 Å². The number of oxime groups is 1. The molecule has 0 unspecified atom stereocenters. The topological polar surface area (TPSA) is 58.9 Å². The summed E-state index contributed by atoms with van der Waals surface area (Å²) in [6.07, 6.45) is -4.71. The van der Waals surface area contributed by atoms with Crippen molar-refractivity contribution in [2.45, 2.75) is 13.1 Å². The van der Waals surface area contributed by atoms with Crippen LogP contribution in [0, 0.1) is 5.82 Å². The van der Waals surface area contributed by atoms with Crippen LogP contribution in [0.5, 0.6) is 0 Å². The summed E-state index contributed by atoms with van der Waals surface area (Å²) in [5.74, 6) is -2.35. The maximum absolute atomic E-state index is 13.4. The van der Waals surface area contributed by atoms with Gasteiger partial charge in [0, 0.05) is 5.56 Å². The minimum atomic E-state index is -4.71. The van der Waals surface area contributed by atoms with Crippen molar-refractivity contribution in [1.82, 2.24) is 0 Å². The molecule has 19 heavy (non-hydrogen) atoms.